The van der Waals surface area contributed by atoms with Crippen molar-refractivity contribution in [3.05, 3.63) is 66.1 Å². The molecule has 26 heavy (non-hydrogen) atoms. The molecule has 132 valence electrons. The van der Waals surface area contributed by atoms with Gasteiger partial charge in [-0.05, 0) is 23.8 Å². The fourth-order valence-electron chi connectivity index (χ4n) is 3.53. The van der Waals surface area contributed by atoms with E-state index in [1.165, 1.54) is 0 Å². The van der Waals surface area contributed by atoms with E-state index in [9.17, 15) is 4.79 Å². The maximum Gasteiger partial charge on any atom is 0.224 e. The zero-order valence-electron chi connectivity index (χ0n) is 15.1. The van der Waals surface area contributed by atoms with Crippen LogP contribution >= 0.6 is 0 Å². The van der Waals surface area contributed by atoms with Gasteiger partial charge in [-0.2, -0.15) is 0 Å². The summed E-state index contributed by atoms with van der Waals surface area (Å²) in [5.74, 6) is 1.02. The van der Waals surface area contributed by atoms with E-state index in [0.29, 0.717) is 19.4 Å². The number of nitrogens with zero attached hydrogens (tertiary/aromatic N) is 3. The Bertz CT molecular complexity index is 1090. The van der Waals surface area contributed by atoms with Gasteiger partial charge in [-0.25, -0.2) is 4.98 Å². The van der Waals surface area contributed by atoms with Crippen molar-refractivity contribution >= 4 is 27.8 Å². The second-order valence-corrected chi connectivity index (χ2v) is 6.63. The van der Waals surface area contributed by atoms with Crippen LogP contribution in [0.4, 0.5) is 0 Å². The molecule has 0 atom stereocenters. The molecule has 0 saturated heterocycles. The van der Waals surface area contributed by atoms with E-state index in [2.05, 4.69) is 37.6 Å². The Morgan fingerprint density at radius 3 is 2.58 bits per heavy atom. The Kier molecular flexibility index (Phi) is 4.21. The molecule has 0 radical (unpaired) electrons. The number of hydrogen-bond acceptors (Lipinski definition) is 2. The topological polar surface area (TPSA) is 51.9 Å². The third-order valence-corrected chi connectivity index (χ3v) is 4.88. The predicted octanol–water partition coefficient (Wildman–Crippen LogP) is 2.97. The highest BCUT2D eigenvalue weighted by molar-refractivity contribution is 5.89. The molecule has 0 bridgehead atoms. The molecule has 0 aliphatic rings. The number of amides is 1. The molecule has 2 heterocycles. The molecule has 5 nitrogen and oxygen atoms in total. The largest absolute Gasteiger partial charge is 0.355 e. The Hall–Kier alpha value is -3.08. The lowest BCUT2D eigenvalue weighted by molar-refractivity contribution is -0.120. The first-order chi connectivity index (χ1) is 12.6. The van der Waals surface area contributed by atoms with Crippen molar-refractivity contribution in [1.82, 2.24) is 19.4 Å². The molecule has 0 aliphatic heterocycles. The minimum atomic E-state index is 0.0418. The molecule has 5 heteroatoms. The molecule has 1 N–H and O–H groups in total. The number of imidazole rings is 1. The van der Waals surface area contributed by atoms with Gasteiger partial charge in [0.15, 0.2) is 0 Å². The highest BCUT2D eigenvalue weighted by Gasteiger charge is 2.11. The summed E-state index contributed by atoms with van der Waals surface area (Å²) in [6.45, 7) is 0.584. The lowest BCUT2D eigenvalue weighted by Gasteiger charge is -2.05. The second-order valence-electron chi connectivity index (χ2n) is 6.63. The maximum atomic E-state index is 12.4. The summed E-state index contributed by atoms with van der Waals surface area (Å²) >= 11 is 0. The molecule has 1 amide bonds. The molecule has 0 unspecified atom stereocenters. The minimum Gasteiger partial charge on any atom is -0.355 e. The standard InChI is InChI=1S/C21H22N4O/c1-24-14-15(16-7-3-5-9-18(16)24)13-21(26)22-12-11-20-23-17-8-4-6-10-19(17)25(20)2/h3-10,14H,11-13H2,1-2H3,(H,22,26). The molecule has 0 aliphatic carbocycles. The number of benzene rings is 2. The van der Waals surface area contributed by atoms with E-state index < -0.39 is 0 Å². The van der Waals surface area contributed by atoms with Crippen LogP contribution in [0, 0.1) is 0 Å². The summed E-state index contributed by atoms with van der Waals surface area (Å²) < 4.78 is 4.16. The quantitative estimate of drug-likeness (QED) is 0.604. The van der Waals surface area contributed by atoms with Gasteiger partial charge >= 0.3 is 0 Å². The van der Waals surface area contributed by atoms with Gasteiger partial charge in [-0.3, -0.25) is 4.79 Å². The normalized spacial score (nSPS) is 11.3. The lowest BCUT2D eigenvalue weighted by Crippen LogP contribution is -2.27. The first kappa shape index (κ1) is 16.4. The Morgan fingerprint density at radius 1 is 1.04 bits per heavy atom. The fraction of sp³-hybridized carbons (Fsp3) is 0.238. The molecular formula is C21H22N4O. The van der Waals surface area contributed by atoms with Crippen LogP contribution in [-0.2, 0) is 31.7 Å². The van der Waals surface area contributed by atoms with Crippen LogP contribution in [0.5, 0.6) is 0 Å². The fourth-order valence-corrected chi connectivity index (χ4v) is 3.53. The molecule has 2 aromatic carbocycles. The highest BCUT2D eigenvalue weighted by atomic mass is 16.1. The summed E-state index contributed by atoms with van der Waals surface area (Å²) in [6, 6.07) is 16.2. The van der Waals surface area contributed by atoms with E-state index in [4.69, 9.17) is 0 Å². The maximum absolute atomic E-state index is 12.4. The molecule has 4 aromatic rings. The van der Waals surface area contributed by atoms with E-state index in [-0.39, 0.29) is 5.91 Å². The van der Waals surface area contributed by atoms with Crippen molar-refractivity contribution in [2.75, 3.05) is 6.54 Å². The van der Waals surface area contributed by atoms with Crippen molar-refractivity contribution in [3.8, 4) is 0 Å². The highest BCUT2D eigenvalue weighted by Crippen LogP contribution is 2.20. The van der Waals surface area contributed by atoms with Crippen molar-refractivity contribution in [2.24, 2.45) is 14.1 Å². The average molecular weight is 346 g/mol. The molecule has 0 saturated carbocycles. The number of para-hydroxylation sites is 3. The van der Waals surface area contributed by atoms with Gasteiger partial charge in [0.1, 0.15) is 5.82 Å². The van der Waals surface area contributed by atoms with Crippen molar-refractivity contribution in [2.45, 2.75) is 12.8 Å². The van der Waals surface area contributed by atoms with Gasteiger partial charge in [0, 0.05) is 44.2 Å². The number of aryl methyl sites for hydroxylation is 2. The van der Waals surface area contributed by atoms with Crippen LogP contribution in [0.3, 0.4) is 0 Å². The van der Waals surface area contributed by atoms with Crippen LogP contribution in [0.1, 0.15) is 11.4 Å². The Balaban J connectivity index is 1.40. The summed E-state index contributed by atoms with van der Waals surface area (Å²) in [7, 11) is 4.03. The second kappa shape index (κ2) is 6.67. The number of fused-ring (bicyclic) bond motifs is 2. The zero-order valence-corrected chi connectivity index (χ0v) is 15.1. The van der Waals surface area contributed by atoms with Crippen molar-refractivity contribution in [1.29, 1.82) is 0 Å². The van der Waals surface area contributed by atoms with Gasteiger partial charge in [0.05, 0.1) is 17.5 Å². The molecular weight excluding hydrogens is 324 g/mol. The Morgan fingerprint density at radius 2 is 1.77 bits per heavy atom. The molecule has 2 aromatic heterocycles. The number of carbonyl (C=O) groups is 1. The zero-order chi connectivity index (χ0) is 18.1. The predicted molar refractivity (Wildman–Crippen MR) is 104 cm³/mol. The van der Waals surface area contributed by atoms with Crippen molar-refractivity contribution in [3.63, 3.8) is 0 Å². The first-order valence-corrected chi connectivity index (χ1v) is 8.83. The number of aromatic nitrogens is 3. The first-order valence-electron chi connectivity index (χ1n) is 8.83. The Labute approximate surface area is 152 Å². The van der Waals surface area contributed by atoms with Gasteiger partial charge < -0.3 is 14.5 Å². The minimum absolute atomic E-state index is 0.0418. The van der Waals surface area contributed by atoms with Crippen LogP contribution in [0.25, 0.3) is 21.9 Å². The monoisotopic (exact) mass is 346 g/mol. The van der Waals surface area contributed by atoms with Gasteiger partial charge in [-0.1, -0.05) is 30.3 Å². The average Bonchev–Trinajstić information content (AvgIpc) is 3.13. The van der Waals surface area contributed by atoms with E-state index in [1.807, 2.05) is 50.6 Å². The molecule has 4 rings (SSSR count). The van der Waals surface area contributed by atoms with E-state index >= 15 is 0 Å². The molecule has 0 fully saturated rings. The van der Waals surface area contributed by atoms with Crippen LogP contribution < -0.4 is 5.32 Å². The summed E-state index contributed by atoms with van der Waals surface area (Å²) in [5, 5.41) is 4.16. The van der Waals surface area contributed by atoms with Gasteiger partial charge in [-0.15, -0.1) is 0 Å². The van der Waals surface area contributed by atoms with Gasteiger partial charge in [0.25, 0.3) is 0 Å². The van der Waals surface area contributed by atoms with Gasteiger partial charge in [0.2, 0.25) is 5.91 Å². The van der Waals surface area contributed by atoms with Crippen LogP contribution in [0.15, 0.2) is 54.7 Å². The summed E-state index contributed by atoms with van der Waals surface area (Å²) in [5.41, 5.74) is 4.31. The number of hydrogen-bond donors (Lipinski definition) is 1. The third-order valence-electron chi connectivity index (χ3n) is 4.88. The number of rotatable bonds is 5. The third kappa shape index (κ3) is 2.96. The SMILES string of the molecule is Cn1cc(CC(=O)NCCc2nc3ccccc3n2C)c2ccccc21. The number of nitrogens with one attached hydrogen (secondary N) is 1. The molecule has 0 spiro atoms. The smallest absolute Gasteiger partial charge is 0.224 e. The summed E-state index contributed by atoms with van der Waals surface area (Å²) in [4.78, 5) is 17.0. The van der Waals surface area contributed by atoms with E-state index in [1.54, 1.807) is 0 Å². The lowest BCUT2D eigenvalue weighted by atomic mass is 10.1. The summed E-state index contributed by atoms with van der Waals surface area (Å²) in [6.07, 6.45) is 3.14. The van der Waals surface area contributed by atoms with Crippen molar-refractivity contribution < 1.29 is 4.79 Å². The van der Waals surface area contributed by atoms with Crippen LogP contribution in [-0.4, -0.2) is 26.6 Å². The number of carbonyl (C=O) groups excluding carboxylic acids is 1. The van der Waals surface area contributed by atoms with E-state index in [0.717, 1.165) is 33.3 Å². The van der Waals surface area contributed by atoms with Crippen LogP contribution in [0.2, 0.25) is 0 Å².